The van der Waals surface area contributed by atoms with Crippen LogP contribution in [0.25, 0.3) is 0 Å². The van der Waals surface area contributed by atoms with Crippen LogP contribution in [0.1, 0.15) is 54.3 Å². The maximum absolute atomic E-state index is 14.2. The van der Waals surface area contributed by atoms with Gasteiger partial charge in [-0.1, -0.05) is 0 Å². The van der Waals surface area contributed by atoms with Crippen LogP contribution in [0.5, 0.6) is 11.5 Å². The monoisotopic (exact) mass is 467 g/mol. The molecule has 3 aliphatic rings. The van der Waals surface area contributed by atoms with E-state index in [1.165, 1.54) is 6.26 Å². The first-order chi connectivity index (χ1) is 16.5. The SMILES string of the molecule is CNC(=O)[C@H]1C[C@]2(CCCCNC2=O)N(C(=O)c2ccc3c(c2)OCCCO3)[C@H]1c1ccco1. The molecule has 0 bridgehead atoms. The molecule has 0 radical (unpaired) electrons. The molecule has 9 nitrogen and oxygen atoms in total. The summed E-state index contributed by atoms with van der Waals surface area (Å²) in [5.74, 6) is 0.125. The van der Waals surface area contributed by atoms with Crippen molar-refractivity contribution in [3.63, 3.8) is 0 Å². The van der Waals surface area contributed by atoms with E-state index >= 15 is 0 Å². The number of rotatable bonds is 3. The molecular formula is C25H29N3O6. The third kappa shape index (κ3) is 3.69. The minimum atomic E-state index is -1.16. The highest BCUT2D eigenvalue weighted by Gasteiger charge is 2.61. The van der Waals surface area contributed by atoms with Gasteiger partial charge in [0.1, 0.15) is 17.3 Å². The van der Waals surface area contributed by atoms with Gasteiger partial charge in [0.2, 0.25) is 11.8 Å². The van der Waals surface area contributed by atoms with Crippen molar-refractivity contribution < 1.29 is 28.3 Å². The molecule has 2 fully saturated rings. The summed E-state index contributed by atoms with van der Waals surface area (Å²) in [6.45, 7) is 1.58. The number of benzene rings is 1. The summed E-state index contributed by atoms with van der Waals surface area (Å²) in [5.41, 5.74) is -0.790. The van der Waals surface area contributed by atoms with E-state index in [2.05, 4.69) is 10.6 Å². The van der Waals surface area contributed by atoms with Crippen LogP contribution >= 0.6 is 0 Å². The zero-order valence-corrected chi connectivity index (χ0v) is 19.2. The number of furan rings is 1. The molecule has 0 saturated carbocycles. The lowest BCUT2D eigenvalue weighted by molar-refractivity contribution is -0.131. The molecule has 1 spiro atoms. The molecule has 34 heavy (non-hydrogen) atoms. The van der Waals surface area contributed by atoms with Crippen molar-refractivity contribution in [2.45, 2.75) is 43.7 Å². The fraction of sp³-hybridized carbons (Fsp3) is 0.480. The lowest BCUT2D eigenvalue weighted by atomic mass is 9.85. The van der Waals surface area contributed by atoms with Crippen LogP contribution in [0.3, 0.4) is 0 Å². The second-order valence-electron chi connectivity index (χ2n) is 9.02. The molecule has 2 N–H and O–H groups in total. The van der Waals surface area contributed by atoms with Gasteiger partial charge in [0.25, 0.3) is 5.91 Å². The molecule has 180 valence electrons. The second-order valence-corrected chi connectivity index (χ2v) is 9.02. The third-order valence-electron chi connectivity index (χ3n) is 7.03. The fourth-order valence-electron chi connectivity index (χ4n) is 5.43. The molecule has 2 aromatic rings. The summed E-state index contributed by atoms with van der Waals surface area (Å²) in [6, 6.07) is 7.83. The molecular weight excluding hydrogens is 438 g/mol. The molecule has 3 amide bonds. The highest BCUT2D eigenvalue weighted by atomic mass is 16.5. The zero-order chi connectivity index (χ0) is 23.7. The van der Waals surface area contributed by atoms with Crippen molar-refractivity contribution in [3.05, 3.63) is 47.9 Å². The Labute approximate surface area is 197 Å². The Morgan fingerprint density at radius 2 is 1.94 bits per heavy atom. The van der Waals surface area contributed by atoms with Crippen molar-refractivity contribution in [1.29, 1.82) is 0 Å². The van der Waals surface area contributed by atoms with Crippen molar-refractivity contribution in [2.24, 2.45) is 5.92 Å². The smallest absolute Gasteiger partial charge is 0.255 e. The van der Waals surface area contributed by atoms with Gasteiger partial charge in [-0.15, -0.1) is 0 Å². The van der Waals surface area contributed by atoms with Crippen molar-refractivity contribution in [1.82, 2.24) is 15.5 Å². The maximum atomic E-state index is 14.2. The number of hydrogen-bond donors (Lipinski definition) is 2. The first kappa shape index (κ1) is 22.3. The van der Waals surface area contributed by atoms with Crippen LogP contribution in [-0.4, -0.2) is 55.0 Å². The van der Waals surface area contributed by atoms with Crippen LogP contribution in [-0.2, 0) is 9.59 Å². The summed E-state index contributed by atoms with van der Waals surface area (Å²) in [7, 11) is 1.57. The predicted octanol–water partition coefficient (Wildman–Crippen LogP) is 2.43. The van der Waals surface area contributed by atoms with Gasteiger partial charge in [-0.2, -0.15) is 0 Å². The number of ether oxygens (including phenoxy) is 2. The molecule has 3 aliphatic heterocycles. The second kappa shape index (κ2) is 9.04. The summed E-state index contributed by atoms with van der Waals surface area (Å²) in [4.78, 5) is 42.3. The first-order valence-electron chi connectivity index (χ1n) is 11.8. The summed E-state index contributed by atoms with van der Waals surface area (Å²) in [5, 5.41) is 5.69. The van der Waals surface area contributed by atoms with Gasteiger partial charge in [-0.25, -0.2) is 0 Å². The molecule has 5 rings (SSSR count). The van der Waals surface area contributed by atoms with Crippen LogP contribution in [0, 0.1) is 5.92 Å². The molecule has 4 heterocycles. The highest BCUT2D eigenvalue weighted by Crippen LogP contribution is 2.51. The van der Waals surface area contributed by atoms with Gasteiger partial charge in [0.05, 0.1) is 25.4 Å². The summed E-state index contributed by atoms with van der Waals surface area (Å²) < 4.78 is 17.2. The Morgan fingerprint density at radius 3 is 2.71 bits per heavy atom. The van der Waals surface area contributed by atoms with E-state index in [9.17, 15) is 14.4 Å². The zero-order valence-electron chi connectivity index (χ0n) is 19.2. The highest BCUT2D eigenvalue weighted by molar-refractivity contribution is 6.01. The van der Waals surface area contributed by atoms with Gasteiger partial charge in [-0.3, -0.25) is 14.4 Å². The summed E-state index contributed by atoms with van der Waals surface area (Å²) in [6.07, 6.45) is 4.54. The quantitative estimate of drug-likeness (QED) is 0.718. The standard InChI is InChI=1S/C25H29N3O6/c1-26-22(29)17-15-25(9-2-3-10-27-24(25)31)28(21(17)19-6-4-11-33-19)23(30)16-7-8-18-20(14-16)34-13-5-12-32-18/h4,6-8,11,14,17,21H,2-3,5,9-10,12-13,15H2,1H3,(H,26,29)(H,27,31)/t17-,21+,25-/m0/s1. The van der Waals surface area contributed by atoms with Crippen LogP contribution in [0.2, 0.25) is 0 Å². The minimum Gasteiger partial charge on any atom is -0.490 e. The molecule has 1 aromatic heterocycles. The molecule has 1 aromatic carbocycles. The molecule has 9 heteroatoms. The van der Waals surface area contributed by atoms with E-state index in [0.29, 0.717) is 49.0 Å². The number of carbonyl (C=O) groups excluding carboxylic acids is 3. The number of nitrogens with one attached hydrogen (secondary N) is 2. The van der Waals surface area contributed by atoms with E-state index in [0.717, 1.165) is 19.3 Å². The maximum Gasteiger partial charge on any atom is 0.255 e. The Hall–Kier alpha value is -3.49. The van der Waals surface area contributed by atoms with E-state index < -0.39 is 17.5 Å². The Morgan fingerprint density at radius 1 is 1.12 bits per heavy atom. The average Bonchev–Trinajstić information content (AvgIpc) is 3.37. The van der Waals surface area contributed by atoms with Crippen LogP contribution in [0.4, 0.5) is 0 Å². The van der Waals surface area contributed by atoms with Gasteiger partial charge in [-0.05, 0) is 56.0 Å². The van der Waals surface area contributed by atoms with Crippen molar-refractivity contribution in [2.75, 3.05) is 26.8 Å². The van der Waals surface area contributed by atoms with Crippen molar-refractivity contribution in [3.8, 4) is 11.5 Å². The van der Waals surface area contributed by atoms with Gasteiger partial charge >= 0.3 is 0 Å². The largest absolute Gasteiger partial charge is 0.490 e. The third-order valence-corrected chi connectivity index (χ3v) is 7.03. The molecule has 0 unspecified atom stereocenters. The lowest BCUT2D eigenvalue weighted by Crippen LogP contribution is -2.57. The Balaban J connectivity index is 1.63. The predicted molar refractivity (Wildman–Crippen MR) is 121 cm³/mol. The van der Waals surface area contributed by atoms with Crippen LogP contribution < -0.4 is 20.1 Å². The fourth-order valence-corrected chi connectivity index (χ4v) is 5.43. The summed E-state index contributed by atoms with van der Waals surface area (Å²) >= 11 is 0. The van der Waals surface area contributed by atoms with Gasteiger partial charge < -0.3 is 29.4 Å². The van der Waals surface area contributed by atoms with Gasteiger partial charge in [0.15, 0.2) is 11.5 Å². The normalized spacial score (nSPS) is 26.5. The minimum absolute atomic E-state index is 0.222. The topological polar surface area (TPSA) is 110 Å². The Bertz CT molecular complexity index is 1080. The molecule has 3 atom stereocenters. The van der Waals surface area contributed by atoms with E-state index in [1.807, 2.05) is 0 Å². The average molecular weight is 468 g/mol. The lowest BCUT2D eigenvalue weighted by Gasteiger charge is -2.38. The number of hydrogen-bond acceptors (Lipinski definition) is 6. The van der Waals surface area contributed by atoms with Gasteiger partial charge in [0, 0.05) is 25.6 Å². The first-order valence-corrected chi connectivity index (χ1v) is 11.8. The number of amides is 3. The molecule has 0 aliphatic carbocycles. The Kier molecular flexibility index (Phi) is 5.93. The van der Waals surface area contributed by atoms with E-state index in [4.69, 9.17) is 13.9 Å². The van der Waals surface area contributed by atoms with E-state index in [1.54, 1.807) is 42.3 Å². The number of carbonyl (C=O) groups is 3. The molecule has 2 saturated heterocycles. The van der Waals surface area contributed by atoms with E-state index in [-0.39, 0.29) is 24.1 Å². The number of likely N-dealkylation sites (tertiary alicyclic amines) is 1. The van der Waals surface area contributed by atoms with Crippen molar-refractivity contribution >= 4 is 17.7 Å². The number of nitrogens with zero attached hydrogens (tertiary/aromatic N) is 1. The van der Waals surface area contributed by atoms with Crippen LogP contribution in [0.15, 0.2) is 41.0 Å². The number of fused-ring (bicyclic) bond motifs is 1.